The number of amides is 1. The Morgan fingerprint density at radius 1 is 0.964 bits per heavy atom. The number of phenolic OH excluding ortho intramolecular Hbond substituents is 1. The SMILES string of the molecule is O=C1C(=O)N(Cc2ccco2)[C@@H](c2ccc(O)cc2)/C1=C(\O)c1ccccc1. The Labute approximate surface area is 161 Å². The van der Waals surface area contributed by atoms with Crippen molar-refractivity contribution in [1.29, 1.82) is 0 Å². The number of carbonyl (C=O) groups is 2. The summed E-state index contributed by atoms with van der Waals surface area (Å²) in [5.74, 6) is -1.13. The lowest BCUT2D eigenvalue weighted by Gasteiger charge is -2.24. The molecule has 140 valence electrons. The van der Waals surface area contributed by atoms with E-state index >= 15 is 0 Å². The summed E-state index contributed by atoms with van der Waals surface area (Å²) in [6.07, 6.45) is 1.49. The highest BCUT2D eigenvalue weighted by Gasteiger charge is 2.46. The van der Waals surface area contributed by atoms with Gasteiger partial charge in [-0.05, 0) is 29.8 Å². The van der Waals surface area contributed by atoms with Gasteiger partial charge >= 0.3 is 0 Å². The first kappa shape index (κ1) is 17.6. The van der Waals surface area contributed by atoms with Gasteiger partial charge in [-0.2, -0.15) is 0 Å². The van der Waals surface area contributed by atoms with Crippen LogP contribution in [0.3, 0.4) is 0 Å². The van der Waals surface area contributed by atoms with Crippen molar-refractivity contribution in [2.75, 3.05) is 0 Å². The van der Waals surface area contributed by atoms with Crippen LogP contribution in [-0.2, 0) is 16.1 Å². The second kappa shape index (κ2) is 7.08. The van der Waals surface area contributed by atoms with E-state index in [0.717, 1.165) is 0 Å². The number of furan rings is 1. The van der Waals surface area contributed by atoms with Crippen LogP contribution in [0.5, 0.6) is 5.75 Å². The zero-order valence-corrected chi connectivity index (χ0v) is 14.8. The van der Waals surface area contributed by atoms with Crippen LogP contribution in [0.1, 0.15) is 22.9 Å². The van der Waals surface area contributed by atoms with Crippen molar-refractivity contribution in [2.45, 2.75) is 12.6 Å². The maximum absolute atomic E-state index is 12.8. The average Bonchev–Trinajstić information content (AvgIpc) is 3.31. The lowest BCUT2D eigenvalue weighted by molar-refractivity contribution is -0.140. The third-order valence-electron chi connectivity index (χ3n) is 4.70. The van der Waals surface area contributed by atoms with Crippen molar-refractivity contribution < 1.29 is 24.2 Å². The van der Waals surface area contributed by atoms with Crippen LogP contribution in [0.15, 0.2) is 83.0 Å². The number of carbonyl (C=O) groups excluding carboxylic acids is 2. The minimum absolute atomic E-state index is 0.00782. The number of nitrogens with zero attached hydrogens (tertiary/aromatic N) is 1. The number of phenols is 1. The zero-order valence-electron chi connectivity index (χ0n) is 14.8. The fourth-order valence-corrected chi connectivity index (χ4v) is 3.37. The molecule has 1 amide bonds. The largest absolute Gasteiger partial charge is 0.508 e. The van der Waals surface area contributed by atoms with Gasteiger partial charge < -0.3 is 19.5 Å². The van der Waals surface area contributed by atoms with Crippen molar-refractivity contribution in [1.82, 2.24) is 4.90 Å². The van der Waals surface area contributed by atoms with Gasteiger partial charge in [0.1, 0.15) is 17.3 Å². The average molecular weight is 375 g/mol. The summed E-state index contributed by atoms with van der Waals surface area (Å²) < 4.78 is 5.34. The minimum atomic E-state index is -0.800. The molecule has 0 bridgehead atoms. The van der Waals surface area contributed by atoms with Crippen molar-refractivity contribution >= 4 is 17.4 Å². The first-order valence-corrected chi connectivity index (χ1v) is 8.71. The molecule has 6 nitrogen and oxygen atoms in total. The van der Waals surface area contributed by atoms with Crippen LogP contribution in [0.4, 0.5) is 0 Å². The number of hydrogen-bond donors (Lipinski definition) is 2. The number of aliphatic hydroxyl groups is 1. The van der Waals surface area contributed by atoms with Crippen molar-refractivity contribution in [3.05, 3.63) is 95.5 Å². The zero-order chi connectivity index (χ0) is 19.7. The van der Waals surface area contributed by atoms with Gasteiger partial charge in [-0.1, -0.05) is 42.5 Å². The Bertz CT molecular complexity index is 1040. The molecule has 1 aliphatic rings. The molecule has 0 radical (unpaired) electrons. The molecule has 3 aromatic rings. The molecule has 1 fully saturated rings. The second-order valence-electron chi connectivity index (χ2n) is 6.46. The van der Waals surface area contributed by atoms with Crippen LogP contribution in [-0.4, -0.2) is 26.8 Å². The van der Waals surface area contributed by atoms with Gasteiger partial charge in [0.15, 0.2) is 0 Å². The molecule has 2 heterocycles. The third kappa shape index (κ3) is 3.05. The summed E-state index contributed by atoms with van der Waals surface area (Å²) in [6, 6.07) is 17.4. The highest BCUT2D eigenvalue weighted by atomic mass is 16.3. The van der Waals surface area contributed by atoms with E-state index < -0.39 is 17.7 Å². The van der Waals surface area contributed by atoms with Crippen molar-refractivity contribution in [3.8, 4) is 5.75 Å². The number of Topliss-reactive ketones (excluding diaryl/α,β-unsaturated/α-hetero) is 1. The molecule has 4 rings (SSSR count). The Morgan fingerprint density at radius 3 is 2.32 bits per heavy atom. The van der Waals surface area contributed by atoms with E-state index in [1.165, 1.54) is 23.3 Å². The molecule has 1 aromatic heterocycles. The number of rotatable bonds is 4. The first-order valence-electron chi connectivity index (χ1n) is 8.71. The summed E-state index contributed by atoms with van der Waals surface area (Å²) in [5.41, 5.74) is 1.05. The van der Waals surface area contributed by atoms with E-state index in [1.54, 1.807) is 54.6 Å². The normalized spacial score (nSPS) is 18.6. The molecule has 0 unspecified atom stereocenters. The molecular weight excluding hydrogens is 358 g/mol. The van der Waals surface area contributed by atoms with E-state index in [1.807, 2.05) is 0 Å². The fourth-order valence-electron chi connectivity index (χ4n) is 3.37. The summed E-state index contributed by atoms with van der Waals surface area (Å²) in [5, 5.41) is 20.5. The number of ketones is 1. The van der Waals surface area contributed by atoms with Gasteiger partial charge in [0.2, 0.25) is 0 Å². The number of likely N-dealkylation sites (tertiary alicyclic amines) is 1. The summed E-state index contributed by atoms with van der Waals surface area (Å²) in [7, 11) is 0. The number of aromatic hydroxyl groups is 1. The minimum Gasteiger partial charge on any atom is -0.508 e. The van der Waals surface area contributed by atoms with E-state index in [0.29, 0.717) is 16.9 Å². The number of aliphatic hydroxyl groups excluding tert-OH is 1. The molecule has 0 aliphatic carbocycles. The predicted molar refractivity (Wildman–Crippen MR) is 101 cm³/mol. The monoisotopic (exact) mass is 375 g/mol. The highest BCUT2D eigenvalue weighted by Crippen LogP contribution is 2.40. The Hall–Kier alpha value is -3.80. The molecule has 2 N–H and O–H groups in total. The van der Waals surface area contributed by atoms with Crippen LogP contribution < -0.4 is 0 Å². The van der Waals surface area contributed by atoms with Crippen LogP contribution in [0.2, 0.25) is 0 Å². The van der Waals surface area contributed by atoms with Gasteiger partial charge in [-0.15, -0.1) is 0 Å². The lowest BCUT2D eigenvalue weighted by atomic mass is 9.95. The Kier molecular flexibility index (Phi) is 4.45. The Morgan fingerprint density at radius 2 is 1.68 bits per heavy atom. The first-order chi connectivity index (χ1) is 13.6. The smallest absolute Gasteiger partial charge is 0.296 e. The fraction of sp³-hybridized carbons (Fsp3) is 0.0909. The summed E-state index contributed by atoms with van der Waals surface area (Å²) in [4.78, 5) is 27.0. The van der Waals surface area contributed by atoms with Gasteiger partial charge in [-0.3, -0.25) is 9.59 Å². The van der Waals surface area contributed by atoms with Crippen molar-refractivity contribution in [3.63, 3.8) is 0 Å². The molecule has 1 aliphatic heterocycles. The van der Waals surface area contributed by atoms with Gasteiger partial charge in [-0.25, -0.2) is 0 Å². The number of hydrogen-bond acceptors (Lipinski definition) is 5. The molecule has 0 spiro atoms. The van der Waals surface area contributed by atoms with Gasteiger partial charge in [0, 0.05) is 5.56 Å². The third-order valence-corrected chi connectivity index (χ3v) is 4.70. The molecule has 0 saturated carbocycles. The Balaban J connectivity index is 1.86. The van der Waals surface area contributed by atoms with Crippen LogP contribution >= 0.6 is 0 Å². The maximum atomic E-state index is 12.8. The van der Waals surface area contributed by atoms with E-state index in [4.69, 9.17) is 4.42 Å². The number of benzene rings is 2. The van der Waals surface area contributed by atoms with Gasteiger partial charge in [0.25, 0.3) is 11.7 Å². The molecule has 1 atom stereocenters. The summed E-state index contributed by atoms with van der Waals surface area (Å²) in [6.45, 7) is 0.0781. The molecule has 6 heteroatoms. The second-order valence-corrected chi connectivity index (χ2v) is 6.46. The molecular formula is C22H17NO5. The van der Waals surface area contributed by atoms with E-state index in [9.17, 15) is 19.8 Å². The highest BCUT2D eigenvalue weighted by molar-refractivity contribution is 6.46. The predicted octanol–water partition coefficient (Wildman–Crippen LogP) is 3.61. The standard InChI is InChI=1S/C22H17NO5/c24-16-10-8-14(9-11-16)19-18(20(25)15-5-2-1-3-6-15)21(26)22(27)23(19)13-17-7-4-12-28-17/h1-12,19,24-25H,13H2/b20-18+/t19-/m0/s1. The molecule has 2 aromatic carbocycles. The van der Waals surface area contributed by atoms with Crippen LogP contribution in [0, 0.1) is 0 Å². The quantitative estimate of drug-likeness (QED) is 0.413. The van der Waals surface area contributed by atoms with Crippen molar-refractivity contribution in [2.24, 2.45) is 0 Å². The van der Waals surface area contributed by atoms with E-state index in [-0.39, 0.29) is 23.6 Å². The maximum Gasteiger partial charge on any atom is 0.296 e. The summed E-state index contributed by atoms with van der Waals surface area (Å²) >= 11 is 0. The topological polar surface area (TPSA) is 91.0 Å². The van der Waals surface area contributed by atoms with E-state index in [2.05, 4.69) is 0 Å². The molecule has 1 saturated heterocycles. The van der Waals surface area contributed by atoms with Crippen LogP contribution in [0.25, 0.3) is 5.76 Å². The lowest BCUT2D eigenvalue weighted by Crippen LogP contribution is -2.29. The van der Waals surface area contributed by atoms with Gasteiger partial charge in [0.05, 0.1) is 24.4 Å². The molecule has 28 heavy (non-hydrogen) atoms.